The van der Waals surface area contributed by atoms with Crippen molar-refractivity contribution in [2.24, 2.45) is 0 Å². The number of hydrogen-bond acceptors (Lipinski definition) is 7. The largest absolute Gasteiger partial charge is 0.497 e. The lowest BCUT2D eigenvalue weighted by Crippen LogP contribution is -2.30. The Kier molecular flexibility index (Phi) is 9.27. The summed E-state index contributed by atoms with van der Waals surface area (Å²) in [5.74, 6) is -0.0896. The van der Waals surface area contributed by atoms with Gasteiger partial charge in [-0.25, -0.2) is 4.98 Å². The minimum atomic E-state index is -0.462. The zero-order valence-corrected chi connectivity index (χ0v) is 24.1. The maximum Gasteiger partial charge on any atom is 0.272 e. The van der Waals surface area contributed by atoms with E-state index >= 15 is 0 Å². The molecule has 0 aliphatic heterocycles. The van der Waals surface area contributed by atoms with E-state index in [1.165, 1.54) is 23.1 Å². The molecule has 0 atom stereocenters. The Hall–Kier alpha value is -4.93. The summed E-state index contributed by atoms with van der Waals surface area (Å²) in [5, 5.41) is 8.94. The van der Waals surface area contributed by atoms with Crippen molar-refractivity contribution in [1.82, 2.24) is 10.3 Å². The Morgan fingerprint density at radius 1 is 0.881 bits per heavy atom. The second-order valence-corrected chi connectivity index (χ2v) is 11.0. The summed E-state index contributed by atoms with van der Waals surface area (Å²) >= 11 is 2.75. The first-order valence-corrected chi connectivity index (χ1v) is 14.7. The van der Waals surface area contributed by atoms with Crippen molar-refractivity contribution < 1.29 is 19.1 Å². The number of thioether (sulfide) groups is 1. The van der Waals surface area contributed by atoms with Crippen LogP contribution in [-0.4, -0.2) is 35.6 Å². The van der Waals surface area contributed by atoms with Crippen molar-refractivity contribution in [3.8, 4) is 5.75 Å². The molecular formula is C32H26N4O4S2. The van der Waals surface area contributed by atoms with Gasteiger partial charge in [-0.2, -0.15) is 0 Å². The number of carbonyl (C=O) groups excluding carboxylic acids is 3. The predicted octanol–water partition coefficient (Wildman–Crippen LogP) is 6.45. The summed E-state index contributed by atoms with van der Waals surface area (Å²) in [6, 6.07) is 30.7. The van der Waals surface area contributed by atoms with Gasteiger partial charge in [0.1, 0.15) is 11.4 Å². The van der Waals surface area contributed by atoms with Gasteiger partial charge in [0.2, 0.25) is 5.91 Å². The number of thiazole rings is 1. The molecule has 210 valence electrons. The molecule has 1 heterocycles. The molecule has 0 radical (unpaired) electrons. The van der Waals surface area contributed by atoms with Crippen molar-refractivity contribution in [2.45, 2.75) is 4.90 Å². The third-order valence-electron chi connectivity index (χ3n) is 5.96. The number of rotatable bonds is 10. The van der Waals surface area contributed by atoms with Crippen LogP contribution < -0.4 is 20.7 Å². The first-order chi connectivity index (χ1) is 20.5. The van der Waals surface area contributed by atoms with Crippen LogP contribution in [0.15, 0.2) is 114 Å². The van der Waals surface area contributed by atoms with E-state index in [1.54, 1.807) is 49.6 Å². The fourth-order valence-electron chi connectivity index (χ4n) is 3.88. The zero-order valence-electron chi connectivity index (χ0n) is 22.5. The molecule has 5 aromatic rings. The van der Waals surface area contributed by atoms with Crippen LogP contribution in [0.1, 0.15) is 15.9 Å². The monoisotopic (exact) mass is 594 g/mol. The number of ether oxygens (including phenoxy) is 1. The third kappa shape index (κ3) is 7.62. The molecular weight excluding hydrogens is 569 g/mol. The fourth-order valence-corrected chi connectivity index (χ4v) is 5.49. The van der Waals surface area contributed by atoms with Crippen LogP contribution in [0.3, 0.4) is 0 Å². The summed E-state index contributed by atoms with van der Waals surface area (Å²) in [5.41, 5.74) is 2.66. The van der Waals surface area contributed by atoms with Crippen LogP contribution in [0.2, 0.25) is 0 Å². The Bertz CT molecular complexity index is 1740. The molecule has 8 nitrogen and oxygen atoms in total. The van der Waals surface area contributed by atoms with Gasteiger partial charge in [0.15, 0.2) is 5.13 Å². The number of fused-ring (bicyclic) bond motifs is 1. The first-order valence-electron chi connectivity index (χ1n) is 12.9. The molecule has 10 heteroatoms. The van der Waals surface area contributed by atoms with Crippen LogP contribution in [0, 0.1) is 0 Å². The molecule has 0 bridgehead atoms. The van der Waals surface area contributed by atoms with E-state index in [9.17, 15) is 14.4 Å². The number of nitrogens with one attached hydrogen (secondary N) is 3. The standard InChI is InChI=1S/C32H26N4O4S2/c1-40-24-14-17-26-28(19-24)42-32(35-26)36-29(37)20-41-25-15-12-23(13-16-25)33-31(39)27(18-21-8-4-2-5-9-21)34-30(38)22-10-6-3-7-11-22/h2-19H,20H2,1H3,(H,33,39)(H,34,38)(H,35,36,37)/b27-18-. The summed E-state index contributed by atoms with van der Waals surface area (Å²) in [6.07, 6.45) is 1.63. The van der Waals surface area contributed by atoms with Crippen molar-refractivity contribution in [3.05, 3.63) is 120 Å². The number of methoxy groups -OCH3 is 1. The Morgan fingerprint density at radius 2 is 1.60 bits per heavy atom. The highest BCUT2D eigenvalue weighted by Crippen LogP contribution is 2.29. The molecule has 0 aliphatic carbocycles. The number of carbonyl (C=O) groups is 3. The first kappa shape index (κ1) is 28.6. The number of aromatic nitrogens is 1. The topological polar surface area (TPSA) is 109 Å². The van der Waals surface area contributed by atoms with E-state index in [4.69, 9.17) is 4.74 Å². The highest BCUT2D eigenvalue weighted by atomic mass is 32.2. The van der Waals surface area contributed by atoms with Gasteiger partial charge in [-0.15, -0.1) is 11.8 Å². The zero-order chi connectivity index (χ0) is 29.3. The van der Waals surface area contributed by atoms with Gasteiger partial charge < -0.3 is 20.7 Å². The van der Waals surface area contributed by atoms with E-state index in [1.807, 2.05) is 66.7 Å². The average molecular weight is 595 g/mol. The van der Waals surface area contributed by atoms with Crippen molar-refractivity contribution >= 4 is 67.9 Å². The maximum absolute atomic E-state index is 13.2. The van der Waals surface area contributed by atoms with Gasteiger partial charge >= 0.3 is 0 Å². The molecule has 3 amide bonds. The molecule has 0 saturated heterocycles. The molecule has 3 N–H and O–H groups in total. The van der Waals surface area contributed by atoms with E-state index in [0.717, 1.165) is 26.4 Å². The second-order valence-electron chi connectivity index (χ2n) is 8.96. The quantitative estimate of drug-likeness (QED) is 0.127. The highest BCUT2D eigenvalue weighted by Gasteiger charge is 2.15. The third-order valence-corrected chi connectivity index (χ3v) is 7.91. The van der Waals surface area contributed by atoms with Crippen LogP contribution in [0.4, 0.5) is 10.8 Å². The minimum Gasteiger partial charge on any atom is -0.497 e. The number of hydrogen-bond donors (Lipinski definition) is 3. The molecule has 0 aliphatic rings. The van der Waals surface area contributed by atoms with E-state index < -0.39 is 5.91 Å². The van der Waals surface area contributed by atoms with Gasteiger partial charge in [0, 0.05) is 16.1 Å². The molecule has 0 spiro atoms. The van der Waals surface area contributed by atoms with Gasteiger partial charge in [-0.05, 0) is 66.2 Å². The Balaban J connectivity index is 1.19. The molecule has 0 fully saturated rings. The van der Waals surface area contributed by atoms with Gasteiger partial charge in [0.25, 0.3) is 11.8 Å². The van der Waals surface area contributed by atoms with Crippen LogP contribution in [0.25, 0.3) is 16.3 Å². The summed E-state index contributed by atoms with van der Waals surface area (Å²) in [6.45, 7) is 0. The summed E-state index contributed by atoms with van der Waals surface area (Å²) in [7, 11) is 1.61. The SMILES string of the molecule is COc1ccc2nc(NC(=O)CSc3ccc(NC(=O)/C(=C/c4ccccc4)NC(=O)c4ccccc4)cc3)sc2c1. The molecule has 5 rings (SSSR count). The molecule has 0 saturated carbocycles. The second kappa shape index (κ2) is 13.6. The molecule has 1 aromatic heterocycles. The number of benzene rings is 4. The fraction of sp³-hybridized carbons (Fsp3) is 0.0625. The van der Waals surface area contributed by atoms with Crippen molar-refractivity contribution in [2.75, 3.05) is 23.5 Å². The number of nitrogens with zero attached hydrogens (tertiary/aromatic N) is 1. The Labute approximate surface area is 250 Å². The van der Waals surface area contributed by atoms with Gasteiger partial charge in [-0.1, -0.05) is 59.9 Å². The number of amides is 3. The Morgan fingerprint density at radius 3 is 2.31 bits per heavy atom. The molecule has 42 heavy (non-hydrogen) atoms. The van der Waals surface area contributed by atoms with E-state index in [2.05, 4.69) is 20.9 Å². The number of anilines is 2. The summed E-state index contributed by atoms with van der Waals surface area (Å²) in [4.78, 5) is 43.8. The predicted molar refractivity (Wildman–Crippen MR) is 169 cm³/mol. The van der Waals surface area contributed by atoms with Crippen LogP contribution >= 0.6 is 23.1 Å². The normalized spacial score (nSPS) is 11.1. The minimum absolute atomic E-state index is 0.110. The molecule has 0 unspecified atom stereocenters. The van der Waals surface area contributed by atoms with Gasteiger partial charge in [0.05, 0.1) is 23.1 Å². The summed E-state index contributed by atoms with van der Waals surface area (Å²) < 4.78 is 6.17. The van der Waals surface area contributed by atoms with Crippen molar-refractivity contribution in [1.29, 1.82) is 0 Å². The lowest BCUT2D eigenvalue weighted by Gasteiger charge is -2.12. The van der Waals surface area contributed by atoms with Crippen molar-refractivity contribution in [3.63, 3.8) is 0 Å². The lowest BCUT2D eigenvalue weighted by molar-refractivity contribution is -0.114. The van der Waals surface area contributed by atoms with E-state index in [-0.39, 0.29) is 23.3 Å². The maximum atomic E-state index is 13.2. The highest BCUT2D eigenvalue weighted by molar-refractivity contribution is 8.00. The molecule has 4 aromatic carbocycles. The smallest absolute Gasteiger partial charge is 0.272 e. The van der Waals surface area contributed by atoms with Crippen LogP contribution in [0.5, 0.6) is 5.75 Å². The van der Waals surface area contributed by atoms with Crippen LogP contribution in [-0.2, 0) is 9.59 Å². The lowest BCUT2D eigenvalue weighted by atomic mass is 10.1. The average Bonchev–Trinajstić information content (AvgIpc) is 3.42. The van der Waals surface area contributed by atoms with Gasteiger partial charge in [-0.3, -0.25) is 14.4 Å². The van der Waals surface area contributed by atoms with E-state index in [0.29, 0.717) is 16.4 Å².